The molecule has 1 aliphatic heterocycles. The molecule has 0 bridgehead atoms. The number of carbonyl (C=O) groups excluding carboxylic acids is 1. The summed E-state index contributed by atoms with van der Waals surface area (Å²) in [6, 6.07) is 0. The van der Waals surface area contributed by atoms with E-state index in [0.717, 1.165) is 13.1 Å². The zero-order valence-corrected chi connectivity index (χ0v) is 11.6. The van der Waals surface area contributed by atoms with E-state index in [9.17, 15) is 4.79 Å². The average Bonchev–Trinajstić information content (AvgIpc) is 1.99. The van der Waals surface area contributed by atoms with Gasteiger partial charge in [-0.1, -0.05) is 0 Å². The van der Waals surface area contributed by atoms with Crippen LogP contribution >= 0.6 is 12.4 Å². The van der Waals surface area contributed by atoms with Crippen LogP contribution in [0.4, 0.5) is 4.79 Å². The Bertz CT molecular complexity index is 249. The molecule has 0 aromatic rings. The van der Waals surface area contributed by atoms with Crippen molar-refractivity contribution < 1.29 is 9.53 Å². The second kappa shape index (κ2) is 5.23. The molecular weight excluding hydrogens is 228 g/mol. The van der Waals surface area contributed by atoms with Gasteiger partial charge >= 0.3 is 6.09 Å². The van der Waals surface area contributed by atoms with E-state index in [1.807, 2.05) is 34.6 Å². The fourth-order valence-corrected chi connectivity index (χ4v) is 1.64. The molecule has 0 aromatic heterocycles. The molecule has 1 saturated heterocycles. The fraction of sp³-hybridized carbons (Fsp3) is 0.909. The number of hydrogen-bond donors (Lipinski definition) is 1. The Morgan fingerprint density at radius 3 is 2.38 bits per heavy atom. The van der Waals surface area contributed by atoms with Gasteiger partial charge in [0, 0.05) is 19.6 Å². The molecule has 0 aliphatic carbocycles. The molecule has 1 fully saturated rings. The number of hydrogen-bond acceptors (Lipinski definition) is 3. The number of nitrogens with zero attached hydrogens (tertiary/aromatic N) is 1. The summed E-state index contributed by atoms with van der Waals surface area (Å²) < 4.78 is 5.37. The molecule has 0 spiro atoms. The second-order valence-corrected chi connectivity index (χ2v) is 5.62. The van der Waals surface area contributed by atoms with E-state index in [0.29, 0.717) is 6.54 Å². The van der Waals surface area contributed by atoms with Gasteiger partial charge in [0.2, 0.25) is 0 Å². The number of halogens is 1. The van der Waals surface area contributed by atoms with Crippen LogP contribution < -0.4 is 5.32 Å². The van der Waals surface area contributed by atoms with Crippen LogP contribution in [0.15, 0.2) is 0 Å². The van der Waals surface area contributed by atoms with Crippen LogP contribution in [0.3, 0.4) is 0 Å². The molecule has 1 aliphatic rings. The van der Waals surface area contributed by atoms with Crippen LogP contribution in [-0.2, 0) is 4.74 Å². The van der Waals surface area contributed by atoms with Gasteiger partial charge in [-0.15, -0.1) is 12.4 Å². The summed E-state index contributed by atoms with van der Waals surface area (Å²) >= 11 is 0. The molecule has 1 heterocycles. The highest BCUT2D eigenvalue weighted by Gasteiger charge is 2.35. The van der Waals surface area contributed by atoms with Crippen LogP contribution in [0, 0.1) is 0 Å². The predicted molar refractivity (Wildman–Crippen MR) is 67.1 cm³/mol. The Balaban J connectivity index is 0.00000225. The van der Waals surface area contributed by atoms with Crippen LogP contribution in [0.25, 0.3) is 0 Å². The van der Waals surface area contributed by atoms with Crippen molar-refractivity contribution in [3.63, 3.8) is 0 Å². The van der Waals surface area contributed by atoms with E-state index >= 15 is 0 Å². The van der Waals surface area contributed by atoms with Gasteiger partial charge in [0.05, 0.1) is 5.54 Å². The van der Waals surface area contributed by atoms with Gasteiger partial charge < -0.3 is 15.0 Å². The van der Waals surface area contributed by atoms with Gasteiger partial charge in [-0.2, -0.15) is 0 Å². The first-order valence-corrected chi connectivity index (χ1v) is 5.44. The molecule has 0 saturated carbocycles. The average molecular weight is 251 g/mol. The summed E-state index contributed by atoms with van der Waals surface area (Å²) in [6.45, 7) is 12.1. The smallest absolute Gasteiger partial charge is 0.410 e. The Morgan fingerprint density at radius 1 is 1.38 bits per heavy atom. The molecule has 16 heavy (non-hydrogen) atoms. The minimum Gasteiger partial charge on any atom is -0.444 e. The van der Waals surface area contributed by atoms with Gasteiger partial charge in [-0.25, -0.2) is 4.79 Å². The standard InChI is InChI=1S/C11H22N2O2.ClH/c1-10(2,3)15-9(14)13-7-6-12-8-11(13,4)5;/h12H,6-8H2,1-5H3;1H. The summed E-state index contributed by atoms with van der Waals surface area (Å²) in [7, 11) is 0. The number of amides is 1. The molecule has 0 unspecified atom stereocenters. The maximum Gasteiger partial charge on any atom is 0.410 e. The molecule has 0 radical (unpaired) electrons. The van der Waals surface area contributed by atoms with E-state index < -0.39 is 5.60 Å². The summed E-state index contributed by atoms with van der Waals surface area (Å²) in [5.74, 6) is 0. The number of piperazine rings is 1. The molecule has 1 rings (SSSR count). The minimum absolute atomic E-state index is 0. The van der Waals surface area contributed by atoms with Gasteiger partial charge in [-0.3, -0.25) is 0 Å². The minimum atomic E-state index is -0.419. The second-order valence-electron chi connectivity index (χ2n) is 5.62. The molecule has 1 N–H and O–H groups in total. The fourth-order valence-electron chi connectivity index (χ4n) is 1.64. The molecule has 5 heteroatoms. The van der Waals surface area contributed by atoms with Crippen LogP contribution in [0.1, 0.15) is 34.6 Å². The first-order valence-electron chi connectivity index (χ1n) is 5.44. The first kappa shape index (κ1) is 15.5. The van der Waals surface area contributed by atoms with E-state index in [1.54, 1.807) is 4.90 Å². The normalized spacial score (nSPS) is 19.9. The van der Waals surface area contributed by atoms with Crippen molar-refractivity contribution >= 4 is 18.5 Å². The van der Waals surface area contributed by atoms with Crippen molar-refractivity contribution in [2.75, 3.05) is 19.6 Å². The summed E-state index contributed by atoms with van der Waals surface area (Å²) in [5.41, 5.74) is -0.585. The lowest BCUT2D eigenvalue weighted by Crippen LogP contribution is -2.60. The summed E-state index contributed by atoms with van der Waals surface area (Å²) in [5, 5.41) is 3.27. The highest BCUT2D eigenvalue weighted by atomic mass is 35.5. The van der Waals surface area contributed by atoms with E-state index in [-0.39, 0.29) is 24.0 Å². The van der Waals surface area contributed by atoms with Gasteiger partial charge in [0.15, 0.2) is 0 Å². The van der Waals surface area contributed by atoms with Crippen molar-refractivity contribution in [1.82, 2.24) is 10.2 Å². The number of nitrogens with one attached hydrogen (secondary N) is 1. The van der Waals surface area contributed by atoms with E-state index in [4.69, 9.17) is 4.74 Å². The van der Waals surface area contributed by atoms with Gasteiger partial charge in [-0.05, 0) is 34.6 Å². The van der Waals surface area contributed by atoms with E-state index in [2.05, 4.69) is 5.32 Å². The number of ether oxygens (including phenoxy) is 1. The Morgan fingerprint density at radius 2 is 1.94 bits per heavy atom. The number of carbonyl (C=O) groups is 1. The molecule has 4 nitrogen and oxygen atoms in total. The Labute approximate surface area is 104 Å². The largest absolute Gasteiger partial charge is 0.444 e. The monoisotopic (exact) mass is 250 g/mol. The van der Waals surface area contributed by atoms with E-state index in [1.165, 1.54) is 0 Å². The topological polar surface area (TPSA) is 41.6 Å². The highest BCUT2D eigenvalue weighted by molar-refractivity contribution is 5.85. The maximum atomic E-state index is 11.9. The highest BCUT2D eigenvalue weighted by Crippen LogP contribution is 2.19. The molecule has 96 valence electrons. The van der Waals surface area contributed by atoms with Gasteiger partial charge in [0.1, 0.15) is 5.60 Å². The molecule has 0 aromatic carbocycles. The first-order chi connectivity index (χ1) is 6.72. The zero-order chi connectivity index (χ0) is 11.7. The number of rotatable bonds is 0. The van der Waals surface area contributed by atoms with Crippen molar-refractivity contribution in [3.05, 3.63) is 0 Å². The Hall–Kier alpha value is -0.480. The van der Waals surface area contributed by atoms with Crippen LogP contribution in [-0.4, -0.2) is 41.8 Å². The maximum absolute atomic E-state index is 11.9. The lowest BCUT2D eigenvalue weighted by Gasteiger charge is -2.42. The summed E-state index contributed by atoms with van der Waals surface area (Å²) in [6.07, 6.45) is -0.214. The van der Waals surface area contributed by atoms with Crippen molar-refractivity contribution in [2.24, 2.45) is 0 Å². The van der Waals surface area contributed by atoms with Crippen LogP contribution in [0.5, 0.6) is 0 Å². The quantitative estimate of drug-likeness (QED) is 0.715. The third-order valence-electron chi connectivity index (χ3n) is 2.41. The SMILES string of the molecule is CC(C)(C)OC(=O)N1CCNCC1(C)C.Cl. The Kier molecular flexibility index (Phi) is 5.08. The third-order valence-corrected chi connectivity index (χ3v) is 2.41. The molecular formula is C11H23ClN2O2. The lowest BCUT2D eigenvalue weighted by atomic mass is 10.0. The molecule has 1 amide bonds. The van der Waals surface area contributed by atoms with Crippen molar-refractivity contribution in [3.8, 4) is 0 Å². The van der Waals surface area contributed by atoms with Crippen LogP contribution in [0.2, 0.25) is 0 Å². The van der Waals surface area contributed by atoms with Gasteiger partial charge in [0.25, 0.3) is 0 Å². The lowest BCUT2D eigenvalue weighted by molar-refractivity contribution is -0.00268. The zero-order valence-electron chi connectivity index (χ0n) is 10.8. The summed E-state index contributed by atoms with van der Waals surface area (Å²) in [4.78, 5) is 13.7. The third kappa shape index (κ3) is 4.18. The van der Waals surface area contributed by atoms with Crippen molar-refractivity contribution in [2.45, 2.75) is 45.8 Å². The molecule has 0 atom stereocenters. The predicted octanol–water partition coefficient (Wildman–Crippen LogP) is 2.03. The van der Waals surface area contributed by atoms with Crippen molar-refractivity contribution in [1.29, 1.82) is 0 Å².